The molecular formula is C58H38N4O4Sn. The topological polar surface area (TPSA) is 87.2 Å². The number of aromatic nitrogens is 2. The van der Waals surface area contributed by atoms with Crippen molar-refractivity contribution in [2.45, 2.75) is 0 Å². The predicted molar refractivity (Wildman–Crippen MR) is 264 cm³/mol. The molecule has 4 aliphatic heterocycles. The van der Waals surface area contributed by atoms with Gasteiger partial charge in [0.05, 0.1) is 0 Å². The number of rotatable bonds is 8. The summed E-state index contributed by atoms with van der Waals surface area (Å²) in [5.74, 6) is -1.27. The molecule has 6 aromatic carbocycles. The SMILES string of the molecule is O=C([O][Sn]1([O]C(=O)c2ccccc2)[n]2c3ccc2C(c2ccccc2)=C2C=CC(=N2)C(c2ccccc2)=c2ccc([n]21)=C(c1ccccc1)C1=NC(=C3c2ccccc2)C=C1)c1ccccc1. The third-order valence-corrected chi connectivity index (χ3v) is 20.9. The fourth-order valence-electron chi connectivity index (χ4n) is 9.48. The molecule has 318 valence electrons. The summed E-state index contributed by atoms with van der Waals surface area (Å²) in [6.07, 6.45) is 8.19. The number of hydrogen-bond donors (Lipinski definition) is 0. The van der Waals surface area contributed by atoms with Crippen LogP contribution >= 0.6 is 0 Å². The maximum absolute atomic E-state index is 15.5. The summed E-state index contributed by atoms with van der Waals surface area (Å²) in [4.78, 5) is 42.1. The number of carbonyl (C=O) groups excluding carboxylic acids is 2. The van der Waals surface area contributed by atoms with Crippen molar-refractivity contribution >= 4 is 65.4 Å². The zero-order valence-corrected chi connectivity index (χ0v) is 38.7. The van der Waals surface area contributed by atoms with Crippen molar-refractivity contribution < 1.29 is 15.7 Å². The van der Waals surface area contributed by atoms with Crippen LogP contribution in [0.1, 0.15) is 54.4 Å². The van der Waals surface area contributed by atoms with Gasteiger partial charge in [-0.2, -0.15) is 0 Å². The molecule has 0 saturated carbocycles. The Balaban J connectivity index is 1.38. The Kier molecular flexibility index (Phi) is 9.95. The van der Waals surface area contributed by atoms with E-state index in [4.69, 9.17) is 16.1 Å². The molecule has 0 radical (unpaired) electrons. The van der Waals surface area contributed by atoms with Crippen LogP contribution in [0.4, 0.5) is 0 Å². The number of benzene rings is 6. The van der Waals surface area contributed by atoms with E-state index in [0.717, 1.165) is 44.5 Å². The third kappa shape index (κ3) is 6.83. The van der Waals surface area contributed by atoms with E-state index in [-0.39, 0.29) is 0 Å². The van der Waals surface area contributed by atoms with Gasteiger partial charge in [-0.25, -0.2) is 0 Å². The van der Waals surface area contributed by atoms with Crippen LogP contribution in [0.15, 0.2) is 252 Å². The maximum atomic E-state index is 15.5. The first-order valence-electron chi connectivity index (χ1n) is 22.1. The van der Waals surface area contributed by atoms with Crippen LogP contribution in [0.25, 0.3) is 22.3 Å². The van der Waals surface area contributed by atoms with Gasteiger partial charge in [-0.05, 0) is 0 Å². The molecule has 8 nitrogen and oxygen atoms in total. The van der Waals surface area contributed by atoms with Gasteiger partial charge in [0, 0.05) is 0 Å². The van der Waals surface area contributed by atoms with Gasteiger partial charge in [0.15, 0.2) is 0 Å². The molecule has 0 spiro atoms. The number of nitrogens with zero attached hydrogens (tertiary/aromatic N) is 4. The van der Waals surface area contributed by atoms with E-state index in [2.05, 4.69) is 54.1 Å². The molecule has 0 atom stereocenters. The molecule has 0 amide bonds. The fourth-order valence-corrected chi connectivity index (χ4v) is 18.9. The third-order valence-electron chi connectivity index (χ3n) is 12.4. The van der Waals surface area contributed by atoms with Crippen molar-refractivity contribution in [2.24, 2.45) is 9.98 Å². The van der Waals surface area contributed by atoms with E-state index in [9.17, 15) is 0 Å². The Bertz CT molecular complexity index is 3390. The monoisotopic (exact) mass is 974 g/mol. The molecule has 67 heavy (non-hydrogen) atoms. The average Bonchev–Trinajstić information content (AvgIpc) is 4.23. The van der Waals surface area contributed by atoms with Gasteiger partial charge >= 0.3 is 394 Å². The first-order chi connectivity index (χ1) is 33.1. The van der Waals surface area contributed by atoms with Crippen molar-refractivity contribution in [3.05, 3.63) is 297 Å². The Morgan fingerprint density at radius 2 is 0.687 bits per heavy atom. The summed E-state index contributed by atoms with van der Waals surface area (Å²) in [6, 6.07) is 66.4. The summed E-state index contributed by atoms with van der Waals surface area (Å²) in [5, 5.41) is 1.30. The Morgan fingerprint density at radius 1 is 0.358 bits per heavy atom. The molecule has 9 heteroatoms. The Morgan fingerprint density at radius 3 is 1.04 bits per heavy atom. The second kappa shape index (κ2) is 16.6. The summed E-state index contributed by atoms with van der Waals surface area (Å²) in [7, 11) is 0. The molecule has 0 saturated heterocycles. The van der Waals surface area contributed by atoms with E-state index in [0.29, 0.717) is 56.0 Å². The minimum atomic E-state index is -6.39. The summed E-state index contributed by atoms with van der Waals surface area (Å²) < 4.78 is 19.1. The van der Waals surface area contributed by atoms with E-state index < -0.39 is 31.7 Å². The van der Waals surface area contributed by atoms with Gasteiger partial charge in [-0.3, -0.25) is 0 Å². The van der Waals surface area contributed by atoms with E-state index in [1.54, 1.807) is 48.5 Å². The summed E-state index contributed by atoms with van der Waals surface area (Å²) in [6.45, 7) is 0. The van der Waals surface area contributed by atoms with Crippen LogP contribution in [-0.2, 0) is 6.15 Å². The van der Waals surface area contributed by atoms with Crippen LogP contribution in [0.5, 0.6) is 0 Å². The molecular weight excluding hydrogens is 935 g/mol. The number of fused-ring (bicyclic) bond motifs is 2. The van der Waals surface area contributed by atoms with Gasteiger partial charge in [0.1, 0.15) is 0 Å². The van der Waals surface area contributed by atoms with Gasteiger partial charge in [0.25, 0.3) is 0 Å². The summed E-state index contributed by atoms with van der Waals surface area (Å²) in [5.41, 5.74) is 11.3. The predicted octanol–water partition coefficient (Wildman–Crippen LogP) is 9.80. The van der Waals surface area contributed by atoms with Gasteiger partial charge < -0.3 is 0 Å². The van der Waals surface area contributed by atoms with Gasteiger partial charge in [-0.15, -0.1) is 0 Å². The van der Waals surface area contributed by atoms with Crippen molar-refractivity contribution in [1.82, 2.24) is 5.58 Å². The molecule has 12 rings (SSSR count). The van der Waals surface area contributed by atoms with Crippen LogP contribution in [0.3, 0.4) is 0 Å². The standard InChI is InChI=1S/C44H28N4.2C7H6O2.Sn/c1-5-13-29(14-6-1)41-33-21-23-35(45-33)42(30-15-7-2-8-16-30)37-25-27-39(47-37)44(32-19-11-4-12-20-32)40-28-26-38(48-40)43(31-17-9-3-10-18-31)36-24-22-34(41)46-36;2*8-7(9)6-4-2-1-3-5-6;/h1-28H;2*1-5H,(H,8,9);/q-2;;;+4/p-2. The van der Waals surface area contributed by atoms with Crippen LogP contribution < -0.4 is 10.7 Å². The molecule has 4 aliphatic rings. The minimum absolute atomic E-state index is 0.309. The number of hydrogen-bond acceptors (Lipinski definition) is 6. The zero-order chi connectivity index (χ0) is 44.9. The Labute approximate surface area is 391 Å². The van der Waals surface area contributed by atoms with E-state index in [1.807, 2.05) is 133 Å². The number of aliphatic imine (C=N–C) groups is 2. The molecule has 8 aromatic rings. The first-order valence-corrected chi connectivity index (χ1v) is 27.0. The average molecular weight is 974 g/mol. The van der Waals surface area contributed by atoms with Crippen molar-refractivity contribution in [3.63, 3.8) is 0 Å². The van der Waals surface area contributed by atoms with Gasteiger partial charge in [-0.1, -0.05) is 0 Å². The molecule has 2 aromatic heterocycles. The van der Waals surface area contributed by atoms with E-state index in [1.165, 1.54) is 0 Å². The van der Waals surface area contributed by atoms with Crippen LogP contribution in [-0.4, -0.2) is 48.7 Å². The molecule has 6 bridgehead atoms. The molecule has 0 aliphatic carbocycles. The molecule has 0 fully saturated rings. The Hall–Kier alpha value is -8.34. The molecule has 6 heterocycles. The second-order valence-electron chi connectivity index (χ2n) is 16.3. The van der Waals surface area contributed by atoms with E-state index >= 15 is 9.59 Å². The van der Waals surface area contributed by atoms with Crippen LogP contribution in [0, 0.1) is 0 Å². The van der Waals surface area contributed by atoms with Crippen LogP contribution in [0.2, 0.25) is 0 Å². The molecule has 0 unspecified atom stereocenters. The summed E-state index contributed by atoms with van der Waals surface area (Å²) >= 11 is -6.39. The van der Waals surface area contributed by atoms with Crippen molar-refractivity contribution in [2.75, 3.05) is 0 Å². The second-order valence-corrected chi connectivity index (χ2v) is 23.2. The molecule has 0 N–H and O–H groups in total. The van der Waals surface area contributed by atoms with Gasteiger partial charge in [0.2, 0.25) is 0 Å². The van der Waals surface area contributed by atoms with Crippen molar-refractivity contribution in [1.29, 1.82) is 0 Å². The number of allylic oxidation sites excluding steroid dienone is 4. The normalized spacial score (nSPS) is 15.3. The number of carbonyl (C=O) groups is 2. The van der Waals surface area contributed by atoms with Crippen molar-refractivity contribution in [3.8, 4) is 0 Å². The first kappa shape index (κ1) is 40.2. The zero-order valence-electron chi connectivity index (χ0n) is 35.9. The quantitative estimate of drug-likeness (QED) is 0.142. The fraction of sp³-hybridized carbons (Fsp3) is 0.